The minimum Gasteiger partial charge on any atom is -0.437 e. The van der Waals surface area contributed by atoms with Crippen LogP contribution < -0.4 is 10.9 Å². The number of aromatic amines is 1. The van der Waals surface area contributed by atoms with Gasteiger partial charge in [-0.05, 0) is 48.9 Å². The maximum atomic E-state index is 13.5. The number of carbonyl (C=O) groups is 3. The normalized spacial score (nSPS) is 12.3. The lowest BCUT2D eigenvalue weighted by Gasteiger charge is -2.33. The molecule has 0 saturated heterocycles. The highest BCUT2D eigenvalue weighted by Gasteiger charge is 2.37. The summed E-state index contributed by atoms with van der Waals surface area (Å²) < 4.78 is 20.2. The van der Waals surface area contributed by atoms with Crippen molar-refractivity contribution in [3.63, 3.8) is 0 Å². The molecule has 3 rings (SSSR count). The summed E-state index contributed by atoms with van der Waals surface area (Å²) >= 11 is 0. The smallest absolute Gasteiger partial charge is 0.409 e. The Balaban J connectivity index is 1.84. The summed E-state index contributed by atoms with van der Waals surface area (Å²) in [7, 11) is 18.3. The zero-order valence-corrected chi connectivity index (χ0v) is 22.1. The first-order chi connectivity index (χ1) is 18.3. The molecule has 10 nitrogen and oxygen atoms in total. The van der Waals surface area contributed by atoms with Crippen LogP contribution in [0.3, 0.4) is 0 Å². The van der Waals surface area contributed by atoms with E-state index in [0.717, 1.165) is 4.90 Å². The van der Waals surface area contributed by atoms with Gasteiger partial charge in [-0.3, -0.25) is 14.4 Å². The second-order valence-corrected chi connectivity index (χ2v) is 9.48. The topological polar surface area (TPSA) is 117 Å². The fourth-order valence-electron chi connectivity index (χ4n) is 3.62. The number of pyridine rings is 1. The SMILES string of the molecule is [B]C([B])(C/C=C/C(=O)N(C)C)C(OC(=O)N(C)C)C(=O)Nc1cccn(Cc2cc3cc(F)ccc3[nH]2)c1=O. The van der Waals surface area contributed by atoms with E-state index in [1.165, 1.54) is 60.1 Å². The molecule has 2 heterocycles. The lowest BCUT2D eigenvalue weighted by Crippen LogP contribution is -2.45. The average molecular weight is 531 g/mol. The number of hydrogen-bond donors (Lipinski definition) is 2. The number of H-pyrrole nitrogens is 1. The molecule has 39 heavy (non-hydrogen) atoms. The van der Waals surface area contributed by atoms with E-state index in [4.69, 9.17) is 20.4 Å². The van der Waals surface area contributed by atoms with Crippen LogP contribution in [0.25, 0.3) is 10.9 Å². The van der Waals surface area contributed by atoms with Gasteiger partial charge in [0.2, 0.25) is 5.91 Å². The number of amides is 3. The van der Waals surface area contributed by atoms with Crippen LogP contribution in [-0.2, 0) is 20.9 Å². The Labute approximate surface area is 227 Å². The number of allylic oxidation sites excluding steroid dienone is 1. The van der Waals surface area contributed by atoms with Crippen LogP contribution in [0.2, 0.25) is 5.21 Å². The largest absolute Gasteiger partial charge is 0.437 e. The van der Waals surface area contributed by atoms with E-state index >= 15 is 0 Å². The second kappa shape index (κ2) is 12.1. The van der Waals surface area contributed by atoms with Crippen molar-refractivity contribution in [3.05, 3.63) is 76.6 Å². The van der Waals surface area contributed by atoms with E-state index < -0.39 is 28.9 Å². The van der Waals surface area contributed by atoms with Crippen LogP contribution in [-0.4, -0.2) is 87.2 Å². The molecule has 0 aliphatic heterocycles. The highest BCUT2D eigenvalue weighted by Crippen LogP contribution is 2.31. The minimum absolute atomic E-state index is 0.107. The van der Waals surface area contributed by atoms with Crippen LogP contribution in [0, 0.1) is 5.82 Å². The maximum Gasteiger partial charge on any atom is 0.409 e. The summed E-state index contributed by atoms with van der Waals surface area (Å²) in [5, 5.41) is 1.18. The van der Waals surface area contributed by atoms with Gasteiger partial charge in [0.25, 0.3) is 11.5 Å². The number of fused-ring (bicyclic) bond motifs is 1. The Bertz CT molecular complexity index is 1460. The van der Waals surface area contributed by atoms with Crippen LogP contribution >= 0.6 is 0 Å². The molecule has 1 unspecified atom stereocenters. The molecule has 0 aliphatic carbocycles. The number of aromatic nitrogens is 2. The van der Waals surface area contributed by atoms with E-state index in [0.29, 0.717) is 16.6 Å². The van der Waals surface area contributed by atoms with Crippen molar-refractivity contribution in [2.75, 3.05) is 33.5 Å². The van der Waals surface area contributed by atoms with Crippen LogP contribution in [0.4, 0.5) is 14.9 Å². The van der Waals surface area contributed by atoms with Gasteiger partial charge in [0.1, 0.15) is 11.5 Å². The highest BCUT2D eigenvalue weighted by atomic mass is 19.1. The van der Waals surface area contributed by atoms with Gasteiger partial charge in [0.15, 0.2) is 6.10 Å². The summed E-state index contributed by atoms with van der Waals surface area (Å²) in [6, 6.07) is 8.95. The Morgan fingerprint density at radius 3 is 2.54 bits per heavy atom. The number of nitrogens with zero attached hydrogens (tertiary/aromatic N) is 3. The van der Waals surface area contributed by atoms with Gasteiger partial charge in [-0.15, -0.1) is 0 Å². The molecule has 2 aromatic heterocycles. The summed E-state index contributed by atoms with van der Waals surface area (Å²) in [6.45, 7) is 0.111. The van der Waals surface area contributed by atoms with Gasteiger partial charge in [0, 0.05) is 51.0 Å². The van der Waals surface area contributed by atoms with Crippen LogP contribution in [0.15, 0.2) is 59.5 Å². The van der Waals surface area contributed by atoms with Crippen molar-refractivity contribution >= 4 is 50.2 Å². The van der Waals surface area contributed by atoms with Crippen molar-refractivity contribution in [1.82, 2.24) is 19.4 Å². The molecule has 1 aromatic carbocycles. The summed E-state index contributed by atoms with van der Waals surface area (Å²) in [4.78, 5) is 56.0. The first-order valence-corrected chi connectivity index (χ1v) is 11.9. The third-order valence-corrected chi connectivity index (χ3v) is 5.74. The lowest BCUT2D eigenvalue weighted by molar-refractivity contribution is -0.125. The molecule has 0 aliphatic rings. The number of carbonyl (C=O) groups excluding carboxylic acids is 3. The van der Waals surface area contributed by atoms with Gasteiger partial charge < -0.3 is 29.4 Å². The van der Waals surface area contributed by atoms with E-state index in [-0.39, 0.29) is 30.4 Å². The monoisotopic (exact) mass is 531 g/mol. The Hall–Kier alpha value is -4.28. The molecule has 0 fully saturated rings. The summed E-state index contributed by atoms with van der Waals surface area (Å²) in [5.74, 6) is -1.64. The Morgan fingerprint density at radius 2 is 1.87 bits per heavy atom. The molecular formula is C26H28B2FN5O5. The quantitative estimate of drug-likeness (QED) is 0.324. The number of ether oxygens (including phenoxy) is 1. The molecule has 0 saturated carbocycles. The number of hydrogen-bond acceptors (Lipinski definition) is 5. The van der Waals surface area contributed by atoms with Crippen molar-refractivity contribution in [2.45, 2.75) is 24.3 Å². The lowest BCUT2D eigenvalue weighted by atomic mass is 9.49. The zero-order valence-electron chi connectivity index (χ0n) is 22.1. The predicted octanol–water partition coefficient (Wildman–Crippen LogP) is 2.01. The van der Waals surface area contributed by atoms with Crippen molar-refractivity contribution in [1.29, 1.82) is 0 Å². The predicted molar refractivity (Wildman–Crippen MR) is 147 cm³/mol. The minimum atomic E-state index is -1.92. The third kappa shape index (κ3) is 7.40. The van der Waals surface area contributed by atoms with Gasteiger partial charge in [-0.1, -0.05) is 11.3 Å². The molecule has 2 N–H and O–H groups in total. The Morgan fingerprint density at radius 1 is 1.15 bits per heavy atom. The van der Waals surface area contributed by atoms with Crippen molar-refractivity contribution < 1.29 is 23.5 Å². The maximum absolute atomic E-state index is 13.5. The molecule has 3 amide bonds. The van der Waals surface area contributed by atoms with E-state index in [1.807, 2.05) is 0 Å². The standard InChI is InChI=1S/C26H28B2FN5O5/c1-32(2)21(35)8-5-11-26(27,28)22(39-25(38)33(3)4)23(36)31-20-7-6-12-34(24(20)37)15-18-14-16-13-17(29)9-10-19(16)30-18/h5-10,12-14,22,30H,11,15H2,1-4H3,(H,31,36)/b8-5+. The molecular weight excluding hydrogens is 503 g/mol. The first-order valence-electron chi connectivity index (χ1n) is 11.9. The number of anilines is 1. The van der Waals surface area contributed by atoms with Crippen LogP contribution in [0.1, 0.15) is 12.1 Å². The molecule has 13 heteroatoms. The highest BCUT2D eigenvalue weighted by molar-refractivity contribution is 6.42. The van der Waals surface area contributed by atoms with Gasteiger partial charge >= 0.3 is 6.09 Å². The van der Waals surface area contributed by atoms with Gasteiger partial charge in [0.05, 0.1) is 22.2 Å². The number of benzene rings is 1. The molecule has 200 valence electrons. The average Bonchev–Trinajstić information content (AvgIpc) is 3.25. The van der Waals surface area contributed by atoms with E-state index in [1.54, 1.807) is 32.3 Å². The van der Waals surface area contributed by atoms with Crippen molar-refractivity contribution in [3.8, 4) is 0 Å². The molecule has 3 aromatic rings. The molecule has 0 bridgehead atoms. The number of rotatable bonds is 9. The van der Waals surface area contributed by atoms with Crippen LogP contribution in [0.5, 0.6) is 0 Å². The van der Waals surface area contributed by atoms with Crippen molar-refractivity contribution in [2.24, 2.45) is 0 Å². The molecule has 0 spiro atoms. The first kappa shape index (κ1) is 29.3. The van der Waals surface area contributed by atoms with Gasteiger partial charge in [-0.25, -0.2) is 9.18 Å². The fraction of sp³-hybridized carbons (Fsp3) is 0.308. The van der Waals surface area contributed by atoms with E-state index in [2.05, 4.69) is 10.3 Å². The molecule has 1 atom stereocenters. The fourth-order valence-corrected chi connectivity index (χ4v) is 3.62. The molecule has 4 radical (unpaired) electrons. The summed E-state index contributed by atoms with van der Waals surface area (Å²) in [5.41, 5.74) is 0.688. The number of likely N-dealkylation sites (N-methyl/N-ethyl adjacent to an activating group) is 1. The number of nitrogens with one attached hydrogen (secondary N) is 2. The zero-order chi connectivity index (χ0) is 28.9. The van der Waals surface area contributed by atoms with E-state index in [9.17, 15) is 23.6 Å². The Kier molecular flexibility index (Phi) is 9.05. The second-order valence-electron chi connectivity index (χ2n) is 9.48. The number of halogens is 1. The third-order valence-electron chi connectivity index (χ3n) is 5.74. The van der Waals surface area contributed by atoms with Gasteiger partial charge in [-0.2, -0.15) is 0 Å². The summed E-state index contributed by atoms with van der Waals surface area (Å²) in [6.07, 6.45) is 1.31.